The van der Waals surface area contributed by atoms with E-state index in [0.29, 0.717) is 11.8 Å². The maximum Gasteiger partial charge on any atom is 0.115 e. The molecule has 3 aliphatic rings. The van der Waals surface area contributed by atoms with Crippen LogP contribution in [0.1, 0.15) is 49.3 Å². The second-order valence-corrected chi connectivity index (χ2v) is 6.72. The number of hydrogen-bond acceptors (Lipinski definition) is 2. The SMILES string of the molecule is Oc1ccc2c(c1)CCC2NCC(C1CC1)C1CC1. The van der Waals surface area contributed by atoms with Gasteiger partial charge in [-0.15, -0.1) is 0 Å². The summed E-state index contributed by atoms with van der Waals surface area (Å²) < 4.78 is 0. The highest BCUT2D eigenvalue weighted by molar-refractivity contribution is 5.40. The van der Waals surface area contributed by atoms with Gasteiger partial charge in [-0.05, 0) is 86.1 Å². The molecule has 0 amide bonds. The highest BCUT2D eigenvalue weighted by Gasteiger charge is 2.41. The van der Waals surface area contributed by atoms with E-state index in [-0.39, 0.29) is 0 Å². The molecule has 0 saturated heterocycles. The summed E-state index contributed by atoms with van der Waals surface area (Å²) in [6.45, 7) is 1.21. The van der Waals surface area contributed by atoms with Crippen LogP contribution in [0.5, 0.6) is 5.75 Å². The molecule has 3 aliphatic carbocycles. The predicted molar refractivity (Wildman–Crippen MR) is 76.1 cm³/mol. The lowest BCUT2D eigenvalue weighted by molar-refractivity contribution is 0.355. The normalized spacial score (nSPS) is 25.8. The Labute approximate surface area is 115 Å². The molecular weight excluding hydrogens is 234 g/mol. The molecule has 0 heterocycles. The molecule has 19 heavy (non-hydrogen) atoms. The zero-order valence-electron chi connectivity index (χ0n) is 11.4. The lowest BCUT2D eigenvalue weighted by Crippen LogP contribution is -2.28. The summed E-state index contributed by atoms with van der Waals surface area (Å²) in [5.41, 5.74) is 2.76. The number of aryl methyl sites for hydroxylation is 1. The zero-order valence-corrected chi connectivity index (χ0v) is 11.4. The predicted octanol–water partition coefficient (Wildman–Crippen LogP) is 3.41. The van der Waals surface area contributed by atoms with E-state index >= 15 is 0 Å². The minimum atomic E-state index is 0.410. The molecule has 2 N–H and O–H groups in total. The van der Waals surface area contributed by atoms with Crippen LogP contribution in [0.2, 0.25) is 0 Å². The number of fused-ring (bicyclic) bond motifs is 1. The van der Waals surface area contributed by atoms with Crippen LogP contribution in [-0.4, -0.2) is 11.7 Å². The molecule has 2 saturated carbocycles. The zero-order chi connectivity index (χ0) is 12.8. The Kier molecular flexibility index (Phi) is 2.80. The van der Waals surface area contributed by atoms with Crippen LogP contribution >= 0.6 is 0 Å². The molecule has 2 fully saturated rings. The number of rotatable bonds is 5. The second kappa shape index (κ2) is 4.52. The van der Waals surface area contributed by atoms with Crippen molar-refractivity contribution in [3.05, 3.63) is 29.3 Å². The molecule has 102 valence electrons. The third-order valence-corrected chi connectivity index (χ3v) is 5.26. The average molecular weight is 257 g/mol. The van der Waals surface area contributed by atoms with E-state index in [0.717, 1.165) is 24.2 Å². The first-order valence-electron chi connectivity index (χ1n) is 7.86. The number of nitrogens with one attached hydrogen (secondary N) is 1. The molecule has 0 radical (unpaired) electrons. The van der Waals surface area contributed by atoms with Crippen LogP contribution in [0.25, 0.3) is 0 Å². The minimum Gasteiger partial charge on any atom is -0.508 e. The Morgan fingerprint density at radius 1 is 1.11 bits per heavy atom. The lowest BCUT2D eigenvalue weighted by Gasteiger charge is -2.20. The number of benzene rings is 1. The minimum absolute atomic E-state index is 0.410. The number of aromatic hydroxyl groups is 1. The van der Waals surface area contributed by atoms with Gasteiger partial charge in [-0.2, -0.15) is 0 Å². The molecule has 0 aliphatic heterocycles. The maximum atomic E-state index is 9.54. The number of phenolic OH excluding ortho intramolecular Hbond substituents is 1. The largest absolute Gasteiger partial charge is 0.508 e. The van der Waals surface area contributed by atoms with Gasteiger partial charge in [0.2, 0.25) is 0 Å². The van der Waals surface area contributed by atoms with Crippen LogP contribution in [-0.2, 0) is 6.42 Å². The Morgan fingerprint density at radius 2 is 1.84 bits per heavy atom. The van der Waals surface area contributed by atoms with Crippen molar-refractivity contribution in [2.45, 2.75) is 44.6 Å². The summed E-state index contributed by atoms with van der Waals surface area (Å²) in [6, 6.07) is 6.41. The molecule has 2 heteroatoms. The third kappa shape index (κ3) is 2.38. The van der Waals surface area contributed by atoms with Crippen molar-refractivity contribution < 1.29 is 5.11 Å². The van der Waals surface area contributed by atoms with Crippen molar-refractivity contribution in [2.24, 2.45) is 17.8 Å². The van der Waals surface area contributed by atoms with E-state index in [1.807, 2.05) is 12.1 Å². The molecular formula is C17H23NO. The first-order valence-corrected chi connectivity index (χ1v) is 7.86. The quantitative estimate of drug-likeness (QED) is 0.847. The number of hydrogen-bond donors (Lipinski definition) is 2. The molecule has 0 bridgehead atoms. The van der Waals surface area contributed by atoms with E-state index in [1.54, 1.807) is 0 Å². The van der Waals surface area contributed by atoms with Gasteiger partial charge in [0, 0.05) is 6.04 Å². The number of phenols is 1. The van der Waals surface area contributed by atoms with Gasteiger partial charge in [-0.1, -0.05) is 6.07 Å². The summed E-state index contributed by atoms with van der Waals surface area (Å²) in [4.78, 5) is 0. The fraction of sp³-hybridized carbons (Fsp3) is 0.647. The summed E-state index contributed by atoms with van der Waals surface area (Å²) in [7, 11) is 0. The van der Waals surface area contributed by atoms with Gasteiger partial charge in [0.05, 0.1) is 0 Å². The Morgan fingerprint density at radius 3 is 2.53 bits per heavy atom. The fourth-order valence-corrected chi connectivity index (χ4v) is 3.86. The third-order valence-electron chi connectivity index (χ3n) is 5.26. The van der Waals surface area contributed by atoms with Crippen LogP contribution in [0.15, 0.2) is 18.2 Å². The van der Waals surface area contributed by atoms with Crippen LogP contribution in [0.4, 0.5) is 0 Å². The summed E-state index contributed by atoms with van der Waals surface area (Å²) in [5, 5.41) is 13.4. The summed E-state index contributed by atoms with van der Waals surface area (Å²) in [5.74, 6) is 3.41. The Bertz CT molecular complexity index is 464. The second-order valence-electron chi connectivity index (χ2n) is 6.72. The lowest BCUT2D eigenvalue weighted by atomic mass is 9.97. The Hall–Kier alpha value is -1.02. The van der Waals surface area contributed by atoms with E-state index in [9.17, 15) is 5.11 Å². The molecule has 1 unspecified atom stereocenters. The van der Waals surface area contributed by atoms with Crippen LogP contribution in [0, 0.1) is 17.8 Å². The average Bonchev–Trinajstić information content (AvgIpc) is 3.29. The molecule has 1 aromatic rings. The van der Waals surface area contributed by atoms with E-state index in [4.69, 9.17) is 0 Å². The topological polar surface area (TPSA) is 32.3 Å². The van der Waals surface area contributed by atoms with Crippen LogP contribution < -0.4 is 5.32 Å². The smallest absolute Gasteiger partial charge is 0.115 e. The summed E-state index contributed by atoms with van der Waals surface area (Å²) >= 11 is 0. The molecule has 2 nitrogen and oxygen atoms in total. The monoisotopic (exact) mass is 257 g/mol. The molecule has 0 aromatic heterocycles. The maximum absolute atomic E-state index is 9.54. The molecule has 4 rings (SSSR count). The van der Waals surface area contributed by atoms with E-state index in [1.165, 1.54) is 49.8 Å². The van der Waals surface area contributed by atoms with Crippen molar-refractivity contribution >= 4 is 0 Å². The van der Waals surface area contributed by atoms with Crippen molar-refractivity contribution in [1.82, 2.24) is 5.32 Å². The van der Waals surface area contributed by atoms with Gasteiger partial charge >= 0.3 is 0 Å². The van der Waals surface area contributed by atoms with Crippen molar-refractivity contribution in [3.8, 4) is 5.75 Å². The highest BCUT2D eigenvalue weighted by Crippen LogP contribution is 2.49. The van der Waals surface area contributed by atoms with Gasteiger partial charge in [-0.25, -0.2) is 0 Å². The molecule has 0 spiro atoms. The van der Waals surface area contributed by atoms with Gasteiger partial charge in [-0.3, -0.25) is 0 Å². The summed E-state index contributed by atoms with van der Waals surface area (Å²) in [6.07, 6.45) is 8.19. The Balaban J connectivity index is 1.41. The molecule has 1 atom stereocenters. The van der Waals surface area contributed by atoms with Crippen molar-refractivity contribution in [1.29, 1.82) is 0 Å². The standard InChI is InChI=1S/C17H23NO/c19-14-6-7-15-13(9-14)5-8-17(15)18-10-16(11-1-2-11)12-3-4-12/h6-7,9,11-12,16-19H,1-5,8,10H2. The first kappa shape index (κ1) is 11.8. The van der Waals surface area contributed by atoms with E-state index in [2.05, 4.69) is 11.4 Å². The fourth-order valence-electron chi connectivity index (χ4n) is 3.86. The van der Waals surface area contributed by atoms with Gasteiger partial charge in [0.1, 0.15) is 5.75 Å². The molecule has 1 aromatic carbocycles. The van der Waals surface area contributed by atoms with Gasteiger partial charge < -0.3 is 10.4 Å². The first-order chi connectivity index (χ1) is 9.31. The van der Waals surface area contributed by atoms with Crippen molar-refractivity contribution in [3.63, 3.8) is 0 Å². The van der Waals surface area contributed by atoms with Crippen LogP contribution in [0.3, 0.4) is 0 Å². The van der Waals surface area contributed by atoms with Crippen molar-refractivity contribution in [2.75, 3.05) is 6.54 Å². The highest BCUT2D eigenvalue weighted by atomic mass is 16.3. The van der Waals surface area contributed by atoms with Gasteiger partial charge in [0.15, 0.2) is 0 Å². The van der Waals surface area contributed by atoms with Gasteiger partial charge in [0.25, 0.3) is 0 Å². The van der Waals surface area contributed by atoms with E-state index < -0.39 is 0 Å².